The monoisotopic (exact) mass is 317 g/mol. The highest BCUT2D eigenvalue weighted by Crippen LogP contribution is 2.21. The Balaban J connectivity index is 2.63. The van der Waals surface area contributed by atoms with Crippen molar-refractivity contribution in [1.29, 1.82) is 0 Å². The zero-order valence-corrected chi connectivity index (χ0v) is 12.9. The molecule has 18 heavy (non-hydrogen) atoms. The molecule has 1 aromatic heterocycles. The first-order valence-corrected chi connectivity index (χ1v) is 6.90. The Bertz CT molecular complexity index is 418. The molecule has 0 aliphatic heterocycles. The molecule has 1 heterocycles. The summed E-state index contributed by atoms with van der Waals surface area (Å²) in [6.07, 6.45) is 0.877. The summed E-state index contributed by atoms with van der Waals surface area (Å²) in [7, 11) is 1.90. The molecule has 0 spiro atoms. The fourth-order valence-electron chi connectivity index (χ4n) is 1.61. The third-order valence-electron chi connectivity index (χ3n) is 2.72. The van der Waals surface area contributed by atoms with Gasteiger partial charge in [0.15, 0.2) is 0 Å². The van der Waals surface area contributed by atoms with Crippen LogP contribution in [-0.2, 0) is 29.5 Å². The first-order valence-electron chi connectivity index (χ1n) is 6.11. The number of hydrogen-bond donors (Lipinski definition) is 1. The van der Waals surface area contributed by atoms with Crippen LogP contribution in [0.2, 0.25) is 0 Å². The molecule has 1 atom stereocenters. The van der Waals surface area contributed by atoms with Crippen LogP contribution in [-0.4, -0.2) is 28.4 Å². The number of hydrogen-bond acceptors (Lipinski definition) is 4. The molecule has 0 aliphatic carbocycles. The van der Waals surface area contributed by atoms with Gasteiger partial charge in [-0.2, -0.15) is 5.10 Å². The molecular formula is C12H20BrN3O2. The van der Waals surface area contributed by atoms with Crippen LogP contribution < -0.4 is 5.32 Å². The van der Waals surface area contributed by atoms with Gasteiger partial charge >= 0.3 is 5.97 Å². The smallest absolute Gasteiger partial charge is 0.322 e. The van der Waals surface area contributed by atoms with Gasteiger partial charge in [0.25, 0.3) is 0 Å². The fraction of sp³-hybridized carbons (Fsp3) is 0.667. The van der Waals surface area contributed by atoms with Crippen molar-refractivity contribution in [1.82, 2.24) is 15.1 Å². The Morgan fingerprint density at radius 1 is 1.56 bits per heavy atom. The Labute approximate surface area is 116 Å². The van der Waals surface area contributed by atoms with Crippen molar-refractivity contribution in [3.8, 4) is 0 Å². The first kappa shape index (κ1) is 15.2. The van der Waals surface area contributed by atoms with Crippen LogP contribution in [0.1, 0.15) is 32.2 Å². The predicted octanol–water partition coefficient (Wildman–Crippen LogP) is 1.79. The Morgan fingerprint density at radius 2 is 2.22 bits per heavy atom. The molecule has 0 saturated carbocycles. The summed E-state index contributed by atoms with van der Waals surface area (Å²) in [4.78, 5) is 11.5. The lowest BCUT2D eigenvalue weighted by atomic mass is 10.3. The van der Waals surface area contributed by atoms with Gasteiger partial charge < -0.3 is 4.74 Å². The van der Waals surface area contributed by atoms with Gasteiger partial charge in [-0.15, -0.1) is 0 Å². The van der Waals surface area contributed by atoms with Gasteiger partial charge in [0, 0.05) is 13.6 Å². The van der Waals surface area contributed by atoms with Gasteiger partial charge in [0.05, 0.1) is 22.5 Å². The van der Waals surface area contributed by atoms with Gasteiger partial charge in [-0.1, -0.05) is 6.92 Å². The zero-order chi connectivity index (χ0) is 13.7. The van der Waals surface area contributed by atoms with Crippen molar-refractivity contribution in [3.05, 3.63) is 15.9 Å². The molecule has 0 bridgehead atoms. The van der Waals surface area contributed by atoms with Crippen LogP contribution in [0.15, 0.2) is 4.47 Å². The number of halogens is 1. The molecule has 1 aromatic rings. The molecule has 1 rings (SSSR count). The number of ether oxygens (including phenoxy) is 1. The minimum Gasteiger partial charge on any atom is -0.465 e. The van der Waals surface area contributed by atoms with Gasteiger partial charge in [-0.05, 0) is 36.2 Å². The maximum Gasteiger partial charge on any atom is 0.322 e. The van der Waals surface area contributed by atoms with E-state index in [2.05, 4.69) is 33.3 Å². The lowest BCUT2D eigenvalue weighted by molar-refractivity contribution is -0.145. The number of rotatable bonds is 6. The summed E-state index contributed by atoms with van der Waals surface area (Å²) >= 11 is 3.54. The summed E-state index contributed by atoms with van der Waals surface area (Å²) in [5.74, 6) is -0.230. The number of carbonyl (C=O) groups excluding carboxylic acids is 1. The molecule has 1 unspecified atom stereocenters. The van der Waals surface area contributed by atoms with Crippen LogP contribution in [0.25, 0.3) is 0 Å². The number of nitrogens with zero attached hydrogens (tertiary/aromatic N) is 2. The van der Waals surface area contributed by atoms with Crippen LogP contribution >= 0.6 is 15.9 Å². The largest absolute Gasteiger partial charge is 0.465 e. The standard InChI is InChI=1S/C12H20BrN3O2/c1-5-9-11(13)10(16(4)15-9)7-14-8(3)12(17)18-6-2/h8,14H,5-7H2,1-4H3. The Kier molecular flexibility index (Phi) is 5.81. The lowest BCUT2D eigenvalue weighted by Gasteiger charge is -2.12. The van der Waals surface area contributed by atoms with E-state index < -0.39 is 0 Å². The number of carbonyl (C=O) groups is 1. The van der Waals surface area contributed by atoms with Gasteiger partial charge in [-0.3, -0.25) is 14.8 Å². The summed E-state index contributed by atoms with van der Waals surface area (Å²) < 4.78 is 7.78. The van der Waals surface area contributed by atoms with Crippen LogP contribution in [0, 0.1) is 0 Å². The molecule has 0 radical (unpaired) electrons. The highest BCUT2D eigenvalue weighted by molar-refractivity contribution is 9.10. The average molecular weight is 318 g/mol. The second-order valence-corrected chi connectivity index (χ2v) is 4.83. The molecule has 1 N–H and O–H groups in total. The molecule has 0 saturated heterocycles. The van der Waals surface area contributed by atoms with Gasteiger partial charge in [0.2, 0.25) is 0 Å². The molecule has 102 valence electrons. The van der Waals surface area contributed by atoms with Crippen LogP contribution in [0.3, 0.4) is 0 Å². The third kappa shape index (κ3) is 3.55. The fourth-order valence-corrected chi connectivity index (χ4v) is 2.37. The average Bonchev–Trinajstić information content (AvgIpc) is 2.62. The topological polar surface area (TPSA) is 56.1 Å². The van der Waals surface area contributed by atoms with E-state index in [1.165, 1.54) is 0 Å². The van der Waals surface area contributed by atoms with E-state index >= 15 is 0 Å². The number of esters is 1. The summed E-state index contributed by atoms with van der Waals surface area (Å²) in [6.45, 7) is 6.63. The van der Waals surface area contributed by atoms with Crippen molar-refractivity contribution in [2.45, 2.75) is 39.8 Å². The minimum atomic E-state index is -0.322. The van der Waals surface area contributed by atoms with E-state index in [0.717, 1.165) is 22.3 Å². The normalized spacial score (nSPS) is 12.5. The van der Waals surface area contributed by atoms with Crippen LogP contribution in [0.4, 0.5) is 0 Å². The molecule has 0 amide bonds. The van der Waals surface area contributed by atoms with E-state index in [-0.39, 0.29) is 12.0 Å². The third-order valence-corrected chi connectivity index (χ3v) is 3.63. The van der Waals surface area contributed by atoms with Crippen molar-refractivity contribution in [3.63, 3.8) is 0 Å². The van der Waals surface area contributed by atoms with Crippen molar-refractivity contribution in [2.24, 2.45) is 7.05 Å². The summed E-state index contributed by atoms with van der Waals surface area (Å²) in [6, 6.07) is -0.322. The first-order chi connectivity index (χ1) is 8.51. The SMILES string of the molecule is CCOC(=O)C(C)NCc1c(Br)c(CC)nn1C. The van der Waals surface area contributed by atoms with Crippen LogP contribution in [0.5, 0.6) is 0 Å². The van der Waals surface area contributed by atoms with Gasteiger partial charge in [-0.25, -0.2) is 0 Å². The Morgan fingerprint density at radius 3 is 2.72 bits per heavy atom. The molecule has 0 fully saturated rings. The number of aromatic nitrogens is 2. The van der Waals surface area contributed by atoms with Gasteiger partial charge in [0.1, 0.15) is 6.04 Å². The lowest BCUT2D eigenvalue weighted by Crippen LogP contribution is -2.35. The van der Waals surface area contributed by atoms with E-state index in [9.17, 15) is 4.79 Å². The Hall–Kier alpha value is -0.880. The maximum atomic E-state index is 11.5. The van der Waals surface area contributed by atoms with E-state index in [1.54, 1.807) is 13.8 Å². The van der Waals surface area contributed by atoms with E-state index in [1.807, 2.05) is 11.7 Å². The summed E-state index contributed by atoms with van der Waals surface area (Å²) in [5.41, 5.74) is 2.06. The molecule has 6 heteroatoms. The van der Waals surface area contributed by atoms with Crippen molar-refractivity contribution >= 4 is 21.9 Å². The molecule has 0 aromatic carbocycles. The van der Waals surface area contributed by atoms with E-state index in [4.69, 9.17) is 4.74 Å². The predicted molar refractivity (Wildman–Crippen MR) is 73.2 cm³/mol. The summed E-state index contributed by atoms with van der Waals surface area (Å²) in [5, 5.41) is 7.54. The second-order valence-electron chi connectivity index (χ2n) is 4.04. The number of nitrogens with one attached hydrogen (secondary N) is 1. The van der Waals surface area contributed by atoms with Crippen molar-refractivity contribution < 1.29 is 9.53 Å². The second kappa shape index (κ2) is 6.89. The minimum absolute atomic E-state index is 0.230. The van der Waals surface area contributed by atoms with Crippen molar-refractivity contribution in [2.75, 3.05) is 6.61 Å². The molecule has 0 aliphatic rings. The van der Waals surface area contributed by atoms with E-state index in [0.29, 0.717) is 13.2 Å². The maximum absolute atomic E-state index is 11.5. The zero-order valence-electron chi connectivity index (χ0n) is 11.3. The number of aryl methyl sites for hydroxylation is 2. The highest BCUT2D eigenvalue weighted by atomic mass is 79.9. The highest BCUT2D eigenvalue weighted by Gasteiger charge is 2.16. The molecular weight excluding hydrogens is 298 g/mol. The molecule has 5 nitrogen and oxygen atoms in total. The quantitative estimate of drug-likeness (QED) is 0.813.